The molecule has 2 heterocycles. The molecule has 0 aliphatic carbocycles. The van der Waals surface area contributed by atoms with E-state index in [9.17, 15) is 14.7 Å². The number of nitrogens with one attached hydrogen (secondary N) is 1. The van der Waals surface area contributed by atoms with E-state index in [0.717, 1.165) is 22.6 Å². The highest BCUT2D eigenvalue weighted by molar-refractivity contribution is 5.99. The highest BCUT2D eigenvalue weighted by atomic mass is 16.5. The maximum Gasteiger partial charge on any atom is 0.329 e. The van der Waals surface area contributed by atoms with Crippen molar-refractivity contribution in [3.05, 3.63) is 52.8 Å². The molecule has 0 spiro atoms. The van der Waals surface area contributed by atoms with Crippen molar-refractivity contribution in [2.24, 2.45) is 0 Å². The molecule has 0 radical (unpaired) electrons. The molecule has 2 N–H and O–H groups in total. The number of benzene rings is 1. The molecule has 1 aromatic heterocycles. The highest BCUT2D eigenvalue weighted by Crippen LogP contribution is 2.25. The summed E-state index contributed by atoms with van der Waals surface area (Å²) in [7, 11) is 0. The molecular weight excluding hydrogens is 332 g/mol. The normalized spacial score (nSPS) is 16.3. The molecule has 1 amide bonds. The SMILES string of the molecule is Cc1cccc(-n2c(C)cc(C(=O)NC3(C(=O)O)CCOCC3)c2C)c1. The number of amides is 1. The number of aromatic nitrogens is 1. The number of aliphatic carboxylic acids is 1. The van der Waals surface area contributed by atoms with Gasteiger partial charge in [0, 0.05) is 43.1 Å². The molecule has 138 valence electrons. The molecule has 0 atom stereocenters. The lowest BCUT2D eigenvalue weighted by molar-refractivity contribution is -0.148. The number of carboxylic acids is 1. The van der Waals surface area contributed by atoms with Crippen LogP contribution in [0.1, 0.15) is 40.2 Å². The van der Waals surface area contributed by atoms with Crippen LogP contribution in [-0.4, -0.2) is 40.3 Å². The zero-order chi connectivity index (χ0) is 18.9. The van der Waals surface area contributed by atoms with E-state index >= 15 is 0 Å². The molecule has 0 unspecified atom stereocenters. The molecule has 3 rings (SSSR count). The topological polar surface area (TPSA) is 80.6 Å². The Hall–Kier alpha value is -2.60. The molecule has 0 bridgehead atoms. The van der Waals surface area contributed by atoms with Crippen molar-refractivity contribution in [1.82, 2.24) is 9.88 Å². The maximum atomic E-state index is 12.9. The van der Waals surface area contributed by atoms with Gasteiger partial charge in [0.05, 0.1) is 5.56 Å². The van der Waals surface area contributed by atoms with Crippen LogP contribution in [0.3, 0.4) is 0 Å². The van der Waals surface area contributed by atoms with Gasteiger partial charge in [-0.05, 0) is 44.5 Å². The zero-order valence-electron chi connectivity index (χ0n) is 15.3. The van der Waals surface area contributed by atoms with Crippen molar-refractivity contribution in [2.75, 3.05) is 13.2 Å². The number of aryl methyl sites for hydroxylation is 2. The van der Waals surface area contributed by atoms with Crippen molar-refractivity contribution < 1.29 is 19.4 Å². The van der Waals surface area contributed by atoms with Crippen molar-refractivity contribution in [2.45, 2.75) is 39.2 Å². The van der Waals surface area contributed by atoms with Gasteiger partial charge in [-0.2, -0.15) is 0 Å². The number of carbonyl (C=O) groups excluding carboxylic acids is 1. The largest absolute Gasteiger partial charge is 0.480 e. The number of carbonyl (C=O) groups is 2. The van der Waals surface area contributed by atoms with Crippen molar-refractivity contribution in [3.8, 4) is 5.69 Å². The van der Waals surface area contributed by atoms with E-state index in [1.54, 1.807) is 0 Å². The minimum absolute atomic E-state index is 0.269. The Labute approximate surface area is 152 Å². The van der Waals surface area contributed by atoms with Gasteiger partial charge in [0.25, 0.3) is 5.91 Å². The maximum absolute atomic E-state index is 12.9. The number of hydrogen-bond donors (Lipinski definition) is 2. The molecule has 1 saturated heterocycles. The highest BCUT2D eigenvalue weighted by Gasteiger charge is 2.42. The summed E-state index contributed by atoms with van der Waals surface area (Å²) in [6, 6.07) is 9.85. The predicted molar refractivity (Wildman–Crippen MR) is 97.9 cm³/mol. The molecule has 6 heteroatoms. The quantitative estimate of drug-likeness (QED) is 0.883. The number of ether oxygens (including phenoxy) is 1. The van der Waals surface area contributed by atoms with Gasteiger partial charge >= 0.3 is 5.97 Å². The fourth-order valence-electron chi connectivity index (χ4n) is 3.55. The third kappa shape index (κ3) is 3.24. The van der Waals surface area contributed by atoms with Crippen LogP contribution in [0.15, 0.2) is 30.3 Å². The van der Waals surface area contributed by atoms with Crippen LogP contribution in [0.5, 0.6) is 0 Å². The van der Waals surface area contributed by atoms with Gasteiger partial charge in [0.15, 0.2) is 0 Å². The lowest BCUT2D eigenvalue weighted by Crippen LogP contribution is -2.57. The monoisotopic (exact) mass is 356 g/mol. The molecule has 2 aromatic rings. The summed E-state index contributed by atoms with van der Waals surface area (Å²) in [6.07, 6.45) is 0.537. The van der Waals surface area contributed by atoms with Gasteiger partial charge in [-0.1, -0.05) is 12.1 Å². The van der Waals surface area contributed by atoms with Crippen molar-refractivity contribution in [3.63, 3.8) is 0 Å². The van der Waals surface area contributed by atoms with Crippen LogP contribution in [0.4, 0.5) is 0 Å². The Balaban J connectivity index is 1.93. The minimum Gasteiger partial charge on any atom is -0.480 e. The summed E-state index contributed by atoms with van der Waals surface area (Å²) >= 11 is 0. The van der Waals surface area contributed by atoms with Gasteiger partial charge in [-0.25, -0.2) is 4.79 Å². The number of hydrogen-bond acceptors (Lipinski definition) is 3. The first-order valence-electron chi connectivity index (χ1n) is 8.74. The average Bonchev–Trinajstić information content (AvgIpc) is 2.90. The van der Waals surface area contributed by atoms with E-state index in [0.29, 0.717) is 18.8 Å². The first-order valence-corrected chi connectivity index (χ1v) is 8.74. The molecule has 26 heavy (non-hydrogen) atoms. The van der Waals surface area contributed by atoms with E-state index in [1.807, 2.05) is 49.6 Å². The Morgan fingerprint density at radius 3 is 2.46 bits per heavy atom. The Morgan fingerprint density at radius 2 is 1.85 bits per heavy atom. The van der Waals surface area contributed by atoms with Crippen LogP contribution >= 0.6 is 0 Å². The molecule has 0 saturated carbocycles. The second-order valence-corrected chi connectivity index (χ2v) is 6.91. The summed E-state index contributed by atoms with van der Waals surface area (Å²) in [5.41, 5.74) is 3.07. The van der Waals surface area contributed by atoms with Crippen molar-refractivity contribution >= 4 is 11.9 Å². The van der Waals surface area contributed by atoms with Crippen LogP contribution in [0, 0.1) is 20.8 Å². The predicted octanol–water partition coefficient (Wildman–Crippen LogP) is 2.77. The molecule has 1 aliphatic rings. The van der Waals surface area contributed by atoms with Crippen LogP contribution in [0.25, 0.3) is 5.69 Å². The molecule has 1 aromatic carbocycles. The van der Waals surface area contributed by atoms with E-state index in [2.05, 4.69) is 11.4 Å². The Kier molecular flexibility index (Phi) is 4.87. The fraction of sp³-hybridized carbons (Fsp3) is 0.400. The van der Waals surface area contributed by atoms with E-state index in [1.165, 1.54) is 0 Å². The number of nitrogens with zero attached hydrogens (tertiary/aromatic N) is 1. The Bertz CT molecular complexity index is 847. The van der Waals surface area contributed by atoms with Crippen LogP contribution in [-0.2, 0) is 9.53 Å². The molecular formula is C20H24N2O4. The first kappa shape index (κ1) is 18.2. The second kappa shape index (κ2) is 6.96. The summed E-state index contributed by atoms with van der Waals surface area (Å²) in [5.74, 6) is -1.37. The molecule has 1 aliphatic heterocycles. The third-order valence-corrected chi connectivity index (χ3v) is 5.04. The summed E-state index contributed by atoms with van der Waals surface area (Å²) in [4.78, 5) is 24.7. The third-order valence-electron chi connectivity index (χ3n) is 5.04. The average molecular weight is 356 g/mol. The summed E-state index contributed by atoms with van der Waals surface area (Å²) in [5, 5.41) is 12.4. The van der Waals surface area contributed by atoms with Gasteiger partial charge in [-0.15, -0.1) is 0 Å². The number of carboxylic acid groups (broad SMARTS) is 1. The lowest BCUT2D eigenvalue weighted by Gasteiger charge is -2.33. The van der Waals surface area contributed by atoms with E-state index in [-0.39, 0.29) is 18.7 Å². The van der Waals surface area contributed by atoms with Crippen LogP contribution in [0.2, 0.25) is 0 Å². The van der Waals surface area contributed by atoms with Gasteiger partial charge in [0.1, 0.15) is 5.54 Å². The smallest absolute Gasteiger partial charge is 0.329 e. The van der Waals surface area contributed by atoms with E-state index in [4.69, 9.17) is 4.74 Å². The number of rotatable bonds is 4. The lowest BCUT2D eigenvalue weighted by atomic mass is 9.89. The summed E-state index contributed by atoms with van der Waals surface area (Å²) in [6.45, 7) is 6.49. The van der Waals surface area contributed by atoms with Gasteiger partial charge < -0.3 is 19.7 Å². The zero-order valence-corrected chi connectivity index (χ0v) is 15.3. The van der Waals surface area contributed by atoms with Crippen molar-refractivity contribution in [1.29, 1.82) is 0 Å². The fourth-order valence-corrected chi connectivity index (χ4v) is 3.55. The standard InChI is InChI=1S/C20H24N2O4/c1-13-5-4-6-16(11-13)22-14(2)12-17(15(22)3)18(23)21-20(19(24)25)7-9-26-10-8-20/h4-6,11-12H,7-10H2,1-3H3,(H,21,23)(H,24,25). The Morgan fingerprint density at radius 1 is 1.15 bits per heavy atom. The van der Waals surface area contributed by atoms with Gasteiger partial charge in [-0.3, -0.25) is 4.79 Å². The van der Waals surface area contributed by atoms with Crippen LogP contribution < -0.4 is 5.32 Å². The molecule has 1 fully saturated rings. The summed E-state index contributed by atoms with van der Waals surface area (Å²) < 4.78 is 7.27. The van der Waals surface area contributed by atoms with E-state index < -0.39 is 11.5 Å². The van der Waals surface area contributed by atoms with Gasteiger partial charge in [0.2, 0.25) is 0 Å². The second-order valence-electron chi connectivity index (χ2n) is 6.91. The minimum atomic E-state index is -1.26. The first-order chi connectivity index (χ1) is 12.3. The molecule has 6 nitrogen and oxygen atoms in total.